The molecule has 0 aliphatic carbocycles. The Hall–Kier alpha value is 1.15. The Bertz CT molecular complexity index is 921. The first-order chi connectivity index (χ1) is 25.3. The van der Waals surface area contributed by atoms with E-state index in [1.54, 1.807) is 0 Å². The van der Waals surface area contributed by atoms with Gasteiger partial charge < -0.3 is 38.9 Å². The second-order valence-electron chi connectivity index (χ2n) is 13.2. The summed E-state index contributed by atoms with van der Waals surface area (Å²) in [5.41, 5.74) is 0. The molecule has 4 unspecified atom stereocenters. The molecule has 21 heteroatoms. The van der Waals surface area contributed by atoms with Crippen LogP contribution in [0.5, 0.6) is 0 Å². The zero-order chi connectivity index (χ0) is 42.1. The normalized spacial score (nSPS) is 16.2. The van der Waals surface area contributed by atoms with E-state index < -0.39 is 44.5 Å². The standard InChI is InChI=1S/2C16H36O7P2.C2H4O2.Ti/c2*1-5-9-11-15(7-3)13-21-25(20,23-24(17,18)19)22-14-16(8-4)12-10-6-2;3-1-2-4;/h2*15-16H,5-14H2,1-4H3,(H2,17,18,19);1-2H2;/q;;-2;+4/p-4. The minimum Gasteiger partial charge on any atom is -0.855 e. The van der Waals surface area contributed by atoms with Crippen molar-refractivity contribution in [1.29, 1.82) is 0 Å². The average Bonchev–Trinajstić information content (AvgIpc) is 3.11. The number of rotatable bonds is 33. The molecule has 16 nitrogen and oxygen atoms in total. The van der Waals surface area contributed by atoms with Crippen LogP contribution >= 0.6 is 31.3 Å². The summed E-state index contributed by atoms with van der Waals surface area (Å²) >= 11 is 0. The first-order valence-corrected chi connectivity index (χ1v) is 25.6. The minimum atomic E-state index is -5.48. The molecule has 55 heavy (non-hydrogen) atoms. The van der Waals surface area contributed by atoms with Crippen LogP contribution in [0.3, 0.4) is 0 Å². The largest absolute Gasteiger partial charge is 4.00 e. The molecule has 0 heterocycles. The van der Waals surface area contributed by atoms with Gasteiger partial charge in [-0.1, -0.05) is 132 Å². The van der Waals surface area contributed by atoms with Crippen LogP contribution in [0.25, 0.3) is 0 Å². The molecule has 0 aromatic rings. The monoisotopic (exact) mass is 908 g/mol. The van der Waals surface area contributed by atoms with Crippen molar-refractivity contribution in [2.45, 2.75) is 158 Å². The molecule has 4 atom stereocenters. The third kappa shape index (κ3) is 40.3. The summed E-state index contributed by atoms with van der Waals surface area (Å²) < 4.78 is 76.2. The fourth-order valence-electron chi connectivity index (χ4n) is 4.79. The first kappa shape index (κ1) is 62.8. The molecule has 0 aliphatic heterocycles. The van der Waals surface area contributed by atoms with Crippen LogP contribution < -0.4 is 29.8 Å². The van der Waals surface area contributed by atoms with Gasteiger partial charge in [-0.2, -0.15) is 13.2 Å². The van der Waals surface area contributed by atoms with Gasteiger partial charge in [-0.05, 0) is 49.4 Å². The average molecular weight is 909 g/mol. The van der Waals surface area contributed by atoms with E-state index in [9.17, 15) is 37.8 Å². The van der Waals surface area contributed by atoms with E-state index in [4.69, 9.17) is 28.3 Å². The van der Waals surface area contributed by atoms with Gasteiger partial charge in [0.1, 0.15) is 0 Å². The predicted molar refractivity (Wildman–Crippen MR) is 199 cm³/mol. The molecule has 0 fully saturated rings. The van der Waals surface area contributed by atoms with Gasteiger partial charge >= 0.3 is 37.4 Å². The number of unbranched alkanes of at least 4 members (excludes halogenated alkanes) is 4. The maximum atomic E-state index is 12.6. The van der Waals surface area contributed by atoms with Gasteiger partial charge in [0.15, 0.2) is 0 Å². The van der Waals surface area contributed by atoms with Gasteiger partial charge in [0.2, 0.25) is 0 Å². The van der Waals surface area contributed by atoms with E-state index in [0.29, 0.717) is 0 Å². The Morgan fingerprint density at radius 2 is 0.618 bits per heavy atom. The molecule has 0 amide bonds. The van der Waals surface area contributed by atoms with E-state index in [2.05, 4.69) is 36.3 Å². The summed E-state index contributed by atoms with van der Waals surface area (Å²) in [4.78, 5) is 43.7. The van der Waals surface area contributed by atoms with Crippen LogP contribution in [0.4, 0.5) is 0 Å². The van der Waals surface area contributed by atoms with Crippen molar-refractivity contribution in [2.24, 2.45) is 23.7 Å². The van der Waals surface area contributed by atoms with Crippen LogP contribution in [-0.2, 0) is 66.7 Å². The van der Waals surface area contributed by atoms with Crippen molar-refractivity contribution in [3.05, 3.63) is 0 Å². The molecule has 0 spiro atoms. The predicted octanol–water partition coefficient (Wildman–Crippen LogP) is 6.52. The Kier molecular flexibility index (Phi) is 43.5. The van der Waals surface area contributed by atoms with Crippen LogP contribution in [0.15, 0.2) is 0 Å². The number of phosphoric acid groups is 4. The second-order valence-corrected chi connectivity index (χ2v) is 19.1. The maximum Gasteiger partial charge on any atom is 4.00 e. The summed E-state index contributed by atoms with van der Waals surface area (Å²) in [6.45, 7) is 15.3. The summed E-state index contributed by atoms with van der Waals surface area (Å²) in [5.74, 6) is 0.445. The van der Waals surface area contributed by atoms with Crippen molar-refractivity contribution in [1.82, 2.24) is 0 Å². The van der Waals surface area contributed by atoms with Gasteiger partial charge in [0.05, 0.1) is 42.1 Å². The summed E-state index contributed by atoms with van der Waals surface area (Å²) in [5, 5.41) is 18.0. The van der Waals surface area contributed by atoms with Crippen molar-refractivity contribution in [2.75, 3.05) is 39.6 Å². The van der Waals surface area contributed by atoms with Gasteiger partial charge in [-0.15, -0.1) is 0 Å². The second kappa shape index (κ2) is 38.1. The molecule has 330 valence electrons. The van der Waals surface area contributed by atoms with Crippen molar-refractivity contribution in [3.8, 4) is 0 Å². The number of phosphoric ester groups is 2. The maximum absolute atomic E-state index is 12.6. The van der Waals surface area contributed by atoms with Gasteiger partial charge in [-0.25, -0.2) is 9.13 Å². The van der Waals surface area contributed by atoms with Gasteiger partial charge in [0, 0.05) is 0 Å². The zero-order valence-corrected chi connectivity index (χ0v) is 39.8. The molecule has 0 rings (SSSR count). The van der Waals surface area contributed by atoms with E-state index in [1.165, 1.54) is 0 Å². The molecule has 0 saturated heterocycles. The van der Waals surface area contributed by atoms with E-state index in [0.717, 1.165) is 103 Å². The third-order valence-corrected chi connectivity index (χ3v) is 13.6. The van der Waals surface area contributed by atoms with E-state index in [-0.39, 0.29) is 71.8 Å². The fraction of sp³-hybridized carbons (Fsp3) is 1.00. The Morgan fingerprint density at radius 3 is 0.745 bits per heavy atom. The van der Waals surface area contributed by atoms with Crippen LogP contribution in [0.2, 0.25) is 0 Å². The smallest absolute Gasteiger partial charge is 0.855 e. The number of hydrogen-bond acceptors (Lipinski definition) is 16. The van der Waals surface area contributed by atoms with Crippen molar-refractivity contribution in [3.63, 3.8) is 0 Å². The fourth-order valence-corrected chi connectivity index (χ4v) is 9.23. The van der Waals surface area contributed by atoms with E-state index in [1.807, 2.05) is 27.7 Å². The SMILES string of the molecule is CCCCC(CC)COP(=O)(OCC(CC)CCCC)OP(=O)([O-])[O-].CCCCC(CC)COP(=O)(OCC(CC)CCCC)OP(=O)([O-])[O-].[O-]CC[O-].[Ti+4]. The molecular weight excluding hydrogens is 836 g/mol. The molecule has 0 N–H and O–H groups in total. The topological polar surface area (TPSA) is 262 Å². The van der Waals surface area contributed by atoms with Gasteiger partial charge in [-0.3, -0.25) is 26.7 Å². The third-order valence-electron chi connectivity index (χ3n) is 8.53. The molecule has 0 aliphatic rings. The number of hydrogen-bond donors (Lipinski definition) is 0. The Labute approximate surface area is 347 Å². The quantitative estimate of drug-likeness (QED) is 0.0501. The zero-order valence-electron chi connectivity index (χ0n) is 34.7. The molecular formula is C34H72O16P4Ti-2. The summed E-state index contributed by atoms with van der Waals surface area (Å²) in [6, 6.07) is 0. The first-order valence-electron chi connectivity index (χ1n) is 19.7. The molecule has 0 radical (unpaired) electrons. The van der Waals surface area contributed by atoms with Gasteiger partial charge in [0.25, 0.3) is 0 Å². The summed E-state index contributed by atoms with van der Waals surface area (Å²) in [6.07, 6.45) is 14.7. The molecule has 0 aromatic heterocycles. The van der Waals surface area contributed by atoms with Crippen LogP contribution in [0, 0.1) is 23.7 Å². The Balaban J connectivity index is -0.000000423. The van der Waals surface area contributed by atoms with Crippen LogP contribution in [0.1, 0.15) is 158 Å². The molecule has 0 bridgehead atoms. The van der Waals surface area contributed by atoms with Crippen molar-refractivity contribution < 1.29 is 96.5 Å². The molecule has 0 aromatic carbocycles. The molecule has 0 saturated carbocycles. The Morgan fingerprint density at radius 1 is 0.418 bits per heavy atom. The van der Waals surface area contributed by atoms with E-state index >= 15 is 0 Å². The minimum absolute atomic E-state index is 0. The van der Waals surface area contributed by atoms with Crippen molar-refractivity contribution >= 4 is 31.3 Å². The summed E-state index contributed by atoms with van der Waals surface area (Å²) in [7, 11) is -19.8. The van der Waals surface area contributed by atoms with Crippen LogP contribution in [-0.4, -0.2) is 39.6 Å².